The van der Waals surface area contributed by atoms with Gasteiger partial charge in [-0.25, -0.2) is 4.98 Å². The maximum atomic E-state index is 12.6. The van der Waals surface area contributed by atoms with Gasteiger partial charge in [0.15, 0.2) is 0 Å². The second-order valence-electron chi connectivity index (χ2n) is 5.78. The topological polar surface area (TPSA) is 48.5 Å². The van der Waals surface area contributed by atoms with Crippen molar-refractivity contribution in [2.75, 3.05) is 38.5 Å². The Morgan fingerprint density at radius 3 is 2.54 bits per heavy atom. The third-order valence-electron chi connectivity index (χ3n) is 3.99. The van der Waals surface area contributed by atoms with Crippen molar-refractivity contribution in [1.29, 1.82) is 0 Å². The van der Waals surface area contributed by atoms with Crippen LogP contribution in [-0.2, 0) is 0 Å². The average Bonchev–Trinajstić information content (AvgIpc) is 2.58. The number of amides is 1. The van der Waals surface area contributed by atoms with Gasteiger partial charge >= 0.3 is 0 Å². The number of likely N-dealkylation sites (N-methyl/N-ethyl adjacent to an activating group) is 1. The van der Waals surface area contributed by atoms with Crippen LogP contribution in [0.15, 0.2) is 36.5 Å². The Bertz CT molecular complexity index is 745. The minimum atomic E-state index is 0.0303. The summed E-state index contributed by atoms with van der Waals surface area (Å²) >= 11 is 11.9. The summed E-state index contributed by atoms with van der Waals surface area (Å²) in [7, 11) is 2.06. The van der Waals surface area contributed by atoms with Gasteiger partial charge in [-0.05, 0) is 37.4 Å². The van der Waals surface area contributed by atoms with Crippen molar-refractivity contribution in [2.45, 2.75) is 0 Å². The third kappa shape index (κ3) is 3.98. The molecular weight excluding hydrogens is 347 g/mol. The molecule has 1 aliphatic rings. The first kappa shape index (κ1) is 17.0. The standard InChI is InChI=1S/C17H18Cl2N4O/c1-22-6-8-23(9-7-22)17(24)12-4-5-20-16(10-12)21-13-2-3-14(18)15(19)11-13/h2-5,10-11H,6-9H2,1H3,(H,20,21). The van der Waals surface area contributed by atoms with Gasteiger partial charge in [0.1, 0.15) is 5.82 Å². The Morgan fingerprint density at radius 1 is 1.08 bits per heavy atom. The number of benzene rings is 1. The fraction of sp³-hybridized carbons (Fsp3) is 0.294. The van der Waals surface area contributed by atoms with E-state index in [1.54, 1.807) is 30.5 Å². The Kier molecular flexibility index (Phi) is 5.23. The van der Waals surface area contributed by atoms with Crippen molar-refractivity contribution in [2.24, 2.45) is 0 Å². The second kappa shape index (κ2) is 7.38. The number of halogens is 2. The van der Waals surface area contributed by atoms with Crippen LogP contribution in [0.1, 0.15) is 10.4 Å². The minimum absolute atomic E-state index is 0.0303. The van der Waals surface area contributed by atoms with E-state index in [1.807, 2.05) is 11.0 Å². The number of anilines is 2. The highest BCUT2D eigenvalue weighted by Crippen LogP contribution is 2.26. The van der Waals surface area contributed by atoms with Gasteiger partial charge in [-0.1, -0.05) is 23.2 Å². The summed E-state index contributed by atoms with van der Waals surface area (Å²) in [5.41, 5.74) is 1.39. The number of carbonyl (C=O) groups excluding carboxylic acids is 1. The molecule has 3 rings (SSSR count). The van der Waals surface area contributed by atoms with Crippen LogP contribution in [0, 0.1) is 0 Å². The summed E-state index contributed by atoms with van der Waals surface area (Å²) in [6, 6.07) is 8.74. The second-order valence-corrected chi connectivity index (χ2v) is 6.59. The first-order chi connectivity index (χ1) is 11.5. The summed E-state index contributed by atoms with van der Waals surface area (Å²) in [5.74, 6) is 0.621. The van der Waals surface area contributed by atoms with E-state index in [9.17, 15) is 4.79 Å². The van der Waals surface area contributed by atoms with Gasteiger partial charge < -0.3 is 15.1 Å². The Labute approximate surface area is 151 Å². The van der Waals surface area contributed by atoms with Crippen LogP contribution in [-0.4, -0.2) is 53.9 Å². The molecule has 0 saturated carbocycles. The van der Waals surface area contributed by atoms with Crippen LogP contribution >= 0.6 is 23.2 Å². The minimum Gasteiger partial charge on any atom is -0.340 e. The van der Waals surface area contributed by atoms with E-state index in [4.69, 9.17) is 23.2 Å². The molecule has 24 heavy (non-hydrogen) atoms. The van der Waals surface area contributed by atoms with E-state index < -0.39 is 0 Å². The Balaban J connectivity index is 1.73. The van der Waals surface area contributed by atoms with Crippen molar-refractivity contribution in [3.8, 4) is 0 Å². The molecule has 0 spiro atoms. The number of piperazine rings is 1. The molecule has 1 aromatic carbocycles. The molecule has 2 heterocycles. The molecule has 1 fully saturated rings. The van der Waals surface area contributed by atoms with E-state index in [0.717, 1.165) is 31.9 Å². The molecule has 0 bridgehead atoms. The monoisotopic (exact) mass is 364 g/mol. The predicted molar refractivity (Wildman–Crippen MR) is 97.4 cm³/mol. The Morgan fingerprint density at radius 2 is 1.83 bits per heavy atom. The average molecular weight is 365 g/mol. The summed E-state index contributed by atoms with van der Waals surface area (Å²) in [4.78, 5) is 21.0. The van der Waals surface area contributed by atoms with Crippen LogP contribution in [0.3, 0.4) is 0 Å². The zero-order valence-corrected chi connectivity index (χ0v) is 14.8. The summed E-state index contributed by atoms with van der Waals surface area (Å²) < 4.78 is 0. The number of pyridine rings is 1. The number of hydrogen-bond donors (Lipinski definition) is 1. The van der Waals surface area contributed by atoms with Gasteiger partial charge in [-0.15, -0.1) is 0 Å². The van der Waals surface area contributed by atoms with Crippen LogP contribution < -0.4 is 5.32 Å². The lowest BCUT2D eigenvalue weighted by atomic mass is 10.2. The zero-order chi connectivity index (χ0) is 17.1. The first-order valence-electron chi connectivity index (χ1n) is 7.69. The SMILES string of the molecule is CN1CCN(C(=O)c2ccnc(Nc3ccc(Cl)c(Cl)c3)c2)CC1. The highest BCUT2D eigenvalue weighted by atomic mass is 35.5. The lowest BCUT2D eigenvalue weighted by molar-refractivity contribution is 0.0664. The molecule has 1 N–H and O–H groups in total. The number of hydrogen-bond acceptors (Lipinski definition) is 4. The number of rotatable bonds is 3. The smallest absolute Gasteiger partial charge is 0.254 e. The highest BCUT2D eigenvalue weighted by Gasteiger charge is 2.20. The Hall–Kier alpha value is -1.82. The molecule has 2 aromatic rings. The lowest BCUT2D eigenvalue weighted by Crippen LogP contribution is -2.47. The molecule has 0 unspecified atom stereocenters. The number of nitrogens with one attached hydrogen (secondary N) is 1. The van der Waals surface area contributed by atoms with Crippen molar-refractivity contribution in [3.05, 3.63) is 52.1 Å². The number of aromatic nitrogens is 1. The molecule has 0 aliphatic carbocycles. The van der Waals surface area contributed by atoms with Crippen LogP contribution in [0.2, 0.25) is 10.0 Å². The van der Waals surface area contributed by atoms with Gasteiger partial charge in [-0.3, -0.25) is 4.79 Å². The molecule has 1 saturated heterocycles. The van der Waals surface area contributed by atoms with E-state index in [1.165, 1.54) is 0 Å². The van der Waals surface area contributed by atoms with Crippen molar-refractivity contribution in [3.63, 3.8) is 0 Å². The predicted octanol–water partition coefficient (Wildman–Crippen LogP) is 3.52. The molecule has 126 valence electrons. The van der Waals surface area contributed by atoms with Gasteiger partial charge in [0.05, 0.1) is 10.0 Å². The first-order valence-corrected chi connectivity index (χ1v) is 8.44. The normalized spacial score (nSPS) is 15.4. The summed E-state index contributed by atoms with van der Waals surface area (Å²) in [6.45, 7) is 3.27. The van der Waals surface area contributed by atoms with Gasteiger partial charge in [0.2, 0.25) is 0 Å². The maximum absolute atomic E-state index is 12.6. The van der Waals surface area contributed by atoms with Crippen LogP contribution in [0.4, 0.5) is 11.5 Å². The molecular formula is C17H18Cl2N4O. The molecule has 5 nitrogen and oxygen atoms in total. The third-order valence-corrected chi connectivity index (χ3v) is 4.73. The molecule has 0 radical (unpaired) electrons. The van der Waals surface area contributed by atoms with Crippen molar-refractivity contribution in [1.82, 2.24) is 14.8 Å². The van der Waals surface area contributed by atoms with Crippen molar-refractivity contribution < 1.29 is 4.79 Å². The van der Waals surface area contributed by atoms with Gasteiger partial charge in [0.25, 0.3) is 5.91 Å². The molecule has 1 amide bonds. The summed E-state index contributed by atoms with van der Waals surface area (Å²) in [5, 5.41) is 4.10. The van der Waals surface area contributed by atoms with E-state index >= 15 is 0 Å². The number of carbonyl (C=O) groups is 1. The van der Waals surface area contributed by atoms with E-state index in [0.29, 0.717) is 21.4 Å². The summed E-state index contributed by atoms with van der Waals surface area (Å²) in [6.07, 6.45) is 1.63. The van der Waals surface area contributed by atoms with Crippen LogP contribution in [0.5, 0.6) is 0 Å². The molecule has 0 atom stereocenters. The molecule has 1 aromatic heterocycles. The maximum Gasteiger partial charge on any atom is 0.254 e. The van der Waals surface area contributed by atoms with Gasteiger partial charge in [-0.2, -0.15) is 0 Å². The quantitative estimate of drug-likeness (QED) is 0.904. The van der Waals surface area contributed by atoms with E-state index in [-0.39, 0.29) is 5.91 Å². The fourth-order valence-electron chi connectivity index (χ4n) is 2.55. The largest absolute Gasteiger partial charge is 0.340 e. The lowest BCUT2D eigenvalue weighted by Gasteiger charge is -2.32. The molecule has 1 aliphatic heterocycles. The highest BCUT2D eigenvalue weighted by molar-refractivity contribution is 6.42. The molecule has 7 heteroatoms. The number of nitrogens with zero attached hydrogens (tertiary/aromatic N) is 3. The van der Waals surface area contributed by atoms with E-state index in [2.05, 4.69) is 22.2 Å². The fourth-order valence-corrected chi connectivity index (χ4v) is 2.84. The zero-order valence-electron chi connectivity index (χ0n) is 13.3. The van der Waals surface area contributed by atoms with Crippen molar-refractivity contribution >= 4 is 40.6 Å². The van der Waals surface area contributed by atoms with Gasteiger partial charge in [0, 0.05) is 43.6 Å². The van der Waals surface area contributed by atoms with Crippen LogP contribution in [0.25, 0.3) is 0 Å².